The number of halogens is 6. The number of carboxylic acid groups (broad SMARTS) is 1. The Labute approximate surface area is 276 Å². The Morgan fingerprint density at radius 2 is 1.49 bits per heavy atom. The quantitative estimate of drug-likeness (QED) is 0.0877. The van der Waals surface area contributed by atoms with Gasteiger partial charge in [0.2, 0.25) is 0 Å². The van der Waals surface area contributed by atoms with Crippen LogP contribution in [0.1, 0.15) is 37.6 Å². The van der Waals surface area contributed by atoms with Gasteiger partial charge in [-0.05, 0) is 0 Å². The third kappa shape index (κ3) is 8.65. The number of alkyl halides is 6. The zero-order valence-electron chi connectivity index (χ0n) is 24.8. The number of aryl methyl sites for hydroxylation is 2. The van der Waals surface area contributed by atoms with Gasteiger partial charge in [-0.2, -0.15) is 13.2 Å². The summed E-state index contributed by atoms with van der Waals surface area (Å²) < 4.78 is 85.5. The standard InChI is InChI=1S/C34H26F6N2O3SSe/c1-19-15-26(12-14-28(19)45-18-30(43)44)46-29(31-20(2)42-32(47-31)23-6-10-25(11-7-23)34(38,39)40)16-21-3-13-27(41-17-21)22-4-8-24(9-5-22)33(35,36)37/h3-15,17,29H,16,18H2,1-2H3,(H,43,44). The molecule has 0 amide bonds. The van der Waals surface area contributed by atoms with Crippen molar-refractivity contribution in [3.05, 3.63) is 117 Å². The van der Waals surface area contributed by atoms with Crippen LogP contribution in [-0.4, -0.2) is 42.2 Å². The molecule has 0 spiro atoms. The summed E-state index contributed by atoms with van der Waals surface area (Å²) in [4.78, 5) is 21.1. The molecule has 3 aromatic carbocycles. The molecule has 0 aliphatic carbocycles. The molecule has 1 atom stereocenters. The van der Waals surface area contributed by atoms with Gasteiger partial charge in [-0.25, -0.2) is 0 Å². The van der Waals surface area contributed by atoms with Gasteiger partial charge in [0.25, 0.3) is 0 Å². The molecule has 5 aromatic rings. The van der Waals surface area contributed by atoms with E-state index in [0.29, 0.717) is 33.6 Å². The van der Waals surface area contributed by atoms with Crippen LogP contribution in [0.15, 0.2) is 90.0 Å². The summed E-state index contributed by atoms with van der Waals surface area (Å²) in [7, 11) is 0. The Balaban J connectivity index is 1.43. The summed E-state index contributed by atoms with van der Waals surface area (Å²) in [6.45, 7) is 3.22. The molecule has 47 heavy (non-hydrogen) atoms. The van der Waals surface area contributed by atoms with E-state index in [2.05, 4.69) is 4.98 Å². The van der Waals surface area contributed by atoms with Gasteiger partial charge in [0.15, 0.2) is 0 Å². The van der Waals surface area contributed by atoms with Crippen LogP contribution in [0.3, 0.4) is 0 Å². The second kappa shape index (κ2) is 14.0. The van der Waals surface area contributed by atoms with Crippen LogP contribution in [-0.2, 0) is 23.6 Å². The van der Waals surface area contributed by atoms with Crippen molar-refractivity contribution in [2.24, 2.45) is 0 Å². The van der Waals surface area contributed by atoms with E-state index in [1.54, 1.807) is 30.1 Å². The molecule has 2 heterocycles. The average molecular weight is 736 g/mol. The minimum atomic E-state index is -4.44. The van der Waals surface area contributed by atoms with Crippen LogP contribution in [0.5, 0.6) is 5.75 Å². The first kappa shape index (κ1) is 34.3. The molecule has 5 rings (SSSR count). The summed E-state index contributed by atoms with van der Waals surface area (Å²) in [5.41, 5.74) is 2.62. The number of benzene rings is 3. The van der Waals surface area contributed by atoms with E-state index in [1.807, 2.05) is 32.0 Å². The fraction of sp³-hybridized carbons (Fsp3) is 0.206. The Kier molecular flexibility index (Phi) is 10.2. The summed E-state index contributed by atoms with van der Waals surface area (Å²) in [6.07, 6.45) is -6.67. The normalized spacial score (nSPS) is 12.6. The van der Waals surface area contributed by atoms with Gasteiger partial charge < -0.3 is 0 Å². The topological polar surface area (TPSA) is 72.3 Å². The van der Waals surface area contributed by atoms with E-state index in [1.165, 1.54) is 24.3 Å². The number of aromatic nitrogens is 2. The molecule has 0 saturated heterocycles. The van der Waals surface area contributed by atoms with E-state index in [0.717, 1.165) is 50.4 Å². The first-order chi connectivity index (χ1) is 22.2. The molecule has 1 unspecified atom stereocenters. The van der Waals surface area contributed by atoms with Crippen LogP contribution in [0, 0.1) is 13.8 Å². The molecule has 13 heteroatoms. The van der Waals surface area contributed by atoms with Crippen molar-refractivity contribution < 1.29 is 41.0 Å². The second-order valence-electron chi connectivity index (χ2n) is 10.6. The summed E-state index contributed by atoms with van der Waals surface area (Å²) in [6, 6.07) is 18.8. The number of carbonyl (C=O) groups is 1. The number of nitrogens with zero attached hydrogens (tertiary/aromatic N) is 2. The number of carboxylic acids is 1. The predicted octanol–water partition coefficient (Wildman–Crippen LogP) is 9.06. The second-order valence-corrected chi connectivity index (χ2v) is 14.0. The van der Waals surface area contributed by atoms with Crippen molar-refractivity contribution in [1.82, 2.24) is 9.97 Å². The van der Waals surface area contributed by atoms with Gasteiger partial charge >= 0.3 is 264 Å². The fourth-order valence-corrected chi connectivity index (χ4v) is 8.78. The molecule has 1 N–H and O–H groups in total. The summed E-state index contributed by atoms with van der Waals surface area (Å²) >= 11 is 1.27. The van der Waals surface area contributed by atoms with Crippen LogP contribution < -0.4 is 4.74 Å². The Hall–Kier alpha value is -4.06. The maximum atomic E-state index is 13.1. The van der Waals surface area contributed by atoms with Gasteiger partial charge in [-0.1, -0.05) is 0 Å². The SMILES string of the molecule is Cc1cc(SC(Cc2ccc(-c3ccc(C(F)(F)F)cc3)nc2)c2[se]c(-c3ccc(C(F)(F)F)cc3)nc2C)ccc1OCC(=O)O. The number of hydrogen-bond donors (Lipinski definition) is 1. The molecule has 0 fully saturated rings. The van der Waals surface area contributed by atoms with Crippen molar-refractivity contribution in [3.63, 3.8) is 0 Å². The number of pyridine rings is 1. The number of rotatable bonds is 10. The number of aliphatic carboxylic acids is 1. The molecule has 0 aliphatic heterocycles. The van der Waals surface area contributed by atoms with Crippen LogP contribution in [0.2, 0.25) is 0 Å². The van der Waals surface area contributed by atoms with Crippen LogP contribution in [0.25, 0.3) is 21.4 Å². The molecule has 0 bridgehead atoms. The number of thioether (sulfide) groups is 1. The molecular weight excluding hydrogens is 709 g/mol. The molecule has 0 radical (unpaired) electrons. The number of ether oxygens (including phenoxy) is 1. The maximum absolute atomic E-state index is 13.1. The van der Waals surface area contributed by atoms with E-state index in [9.17, 15) is 31.1 Å². The summed E-state index contributed by atoms with van der Waals surface area (Å²) in [5, 5.41) is 8.82. The fourth-order valence-electron chi connectivity index (χ4n) is 4.74. The summed E-state index contributed by atoms with van der Waals surface area (Å²) in [5.74, 6) is -0.639. The zero-order chi connectivity index (χ0) is 33.9. The monoisotopic (exact) mass is 736 g/mol. The first-order valence-electron chi connectivity index (χ1n) is 14.1. The minimum absolute atomic E-state index is 0.144. The van der Waals surface area contributed by atoms with E-state index >= 15 is 0 Å². The average Bonchev–Trinajstić information content (AvgIpc) is 3.41. The van der Waals surface area contributed by atoms with Crippen molar-refractivity contribution in [2.75, 3.05) is 6.61 Å². The third-order valence-electron chi connectivity index (χ3n) is 7.11. The Morgan fingerprint density at radius 1 is 0.872 bits per heavy atom. The molecular formula is C34H26F6N2O3SSe. The third-order valence-corrected chi connectivity index (χ3v) is 11.4. The van der Waals surface area contributed by atoms with Crippen molar-refractivity contribution >= 4 is 32.2 Å². The van der Waals surface area contributed by atoms with Gasteiger partial charge in [0.1, 0.15) is 0 Å². The molecule has 0 saturated carbocycles. The first-order valence-corrected chi connectivity index (χ1v) is 16.7. The Morgan fingerprint density at radius 3 is 2.02 bits per heavy atom. The van der Waals surface area contributed by atoms with E-state index in [-0.39, 0.29) is 19.8 Å². The molecule has 2 aromatic heterocycles. The molecule has 244 valence electrons. The van der Waals surface area contributed by atoms with Crippen molar-refractivity contribution in [1.29, 1.82) is 0 Å². The zero-order valence-corrected chi connectivity index (χ0v) is 27.3. The van der Waals surface area contributed by atoms with Crippen LogP contribution in [0.4, 0.5) is 26.3 Å². The predicted molar refractivity (Wildman–Crippen MR) is 168 cm³/mol. The van der Waals surface area contributed by atoms with E-state index < -0.39 is 36.1 Å². The molecule has 0 aliphatic rings. The Bertz CT molecular complexity index is 1860. The van der Waals surface area contributed by atoms with Gasteiger partial charge in [-0.3, -0.25) is 0 Å². The van der Waals surface area contributed by atoms with Gasteiger partial charge in [-0.15, -0.1) is 0 Å². The van der Waals surface area contributed by atoms with Gasteiger partial charge in [0, 0.05) is 0 Å². The van der Waals surface area contributed by atoms with E-state index in [4.69, 9.17) is 14.8 Å². The van der Waals surface area contributed by atoms with Gasteiger partial charge in [0.05, 0.1) is 0 Å². The van der Waals surface area contributed by atoms with Crippen molar-refractivity contribution in [2.45, 2.75) is 42.8 Å². The number of hydrogen-bond acceptors (Lipinski definition) is 5. The molecule has 5 nitrogen and oxygen atoms in total. The van der Waals surface area contributed by atoms with Crippen molar-refractivity contribution in [3.8, 4) is 27.1 Å². The van der Waals surface area contributed by atoms with Crippen LogP contribution >= 0.6 is 11.8 Å².